The maximum atomic E-state index is 15.8. The molecule has 11 atom stereocenters. The van der Waals surface area contributed by atoms with Crippen LogP contribution in [0.4, 0.5) is 4.79 Å². The fourth-order valence-corrected chi connectivity index (χ4v) is 10.4. The second-order valence-electron chi connectivity index (χ2n) is 19.1. The monoisotopic (exact) mass is 882 g/mol. The number of aliphatic hydroxyl groups excluding tert-OH is 2. The predicted molar refractivity (Wildman–Crippen MR) is 230 cm³/mol. The number of hydrogen-bond donors (Lipinski definition) is 5. The molecule has 2 saturated carbocycles. The summed E-state index contributed by atoms with van der Waals surface area (Å²) in [7, 11) is 1.66. The van der Waals surface area contributed by atoms with E-state index in [2.05, 4.69) is 10.6 Å². The molecule has 3 aromatic carbocycles. The molecule has 3 aromatic rings. The van der Waals surface area contributed by atoms with E-state index in [1.54, 1.807) is 127 Å². The maximum absolute atomic E-state index is 15.8. The third-order valence-electron chi connectivity index (χ3n) is 14.0. The van der Waals surface area contributed by atoms with E-state index in [0.717, 1.165) is 0 Å². The van der Waals surface area contributed by atoms with Gasteiger partial charge in [-0.05, 0) is 70.1 Å². The molecule has 1 heterocycles. The predicted octanol–water partition coefficient (Wildman–Crippen LogP) is 4.99. The number of likely N-dealkylation sites (N-methyl/N-ethyl adjacent to an activating group) is 1. The van der Waals surface area contributed by atoms with E-state index in [1.165, 1.54) is 19.1 Å². The average Bonchev–Trinajstić information content (AvgIpc) is 3.25. The van der Waals surface area contributed by atoms with E-state index in [-0.39, 0.29) is 29.7 Å². The molecule has 0 aromatic heterocycles. The topological polar surface area (TPSA) is 216 Å². The van der Waals surface area contributed by atoms with Gasteiger partial charge < -0.3 is 49.6 Å². The van der Waals surface area contributed by atoms with E-state index in [9.17, 15) is 34.5 Å². The minimum absolute atomic E-state index is 0.00738. The molecule has 342 valence electrons. The average molecular weight is 883 g/mol. The molecule has 3 fully saturated rings. The molecule has 2 bridgehead atoms. The minimum atomic E-state index is -2.28. The molecule has 0 spiro atoms. The number of rotatable bonds is 10. The van der Waals surface area contributed by atoms with Gasteiger partial charge in [-0.2, -0.15) is 0 Å². The number of amides is 1. The lowest BCUT2D eigenvalue weighted by Crippen LogP contribution is -2.83. The van der Waals surface area contributed by atoms with Crippen molar-refractivity contribution in [1.29, 1.82) is 0 Å². The number of alkyl carbamates (subject to hydrolysis) is 1. The number of carbonyl (C=O) groups excluding carboxylic acids is 5. The highest BCUT2D eigenvalue weighted by Gasteiger charge is 2.76. The Morgan fingerprint density at radius 3 is 1.95 bits per heavy atom. The van der Waals surface area contributed by atoms with Crippen molar-refractivity contribution in [3.8, 4) is 0 Å². The van der Waals surface area contributed by atoms with Crippen LogP contribution in [0.15, 0.2) is 102 Å². The van der Waals surface area contributed by atoms with Crippen LogP contribution in [-0.2, 0) is 33.3 Å². The van der Waals surface area contributed by atoms with E-state index in [4.69, 9.17) is 23.7 Å². The smallest absolute Gasteiger partial charge is 0.408 e. The van der Waals surface area contributed by atoms with Crippen LogP contribution in [0, 0.1) is 22.7 Å². The second kappa shape index (κ2) is 17.2. The number of Topliss-reactive ketones (excluding diaryl/α,β-unsaturated/α-hetero) is 1. The van der Waals surface area contributed by atoms with Crippen LogP contribution in [-0.4, -0.2) is 106 Å². The van der Waals surface area contributed by atoms with E-state index in [1.807, 2.05) is 0 Å². The molecule has 5 N–H and O–H groups in total. The van der Waals surface area contributed by atoms with Crippen molar-refractivity contribution in [2.45, 2.75) is 115 Å². The molecule has 0 radical (unpaired) electrons. The molecule has 7 rings (SSSR count). The Hall–Kier alpha value is -5.45. The summed E-state index contributed by atoms with van der Waals surface area (Å²) in [6.45, 7) is 11.4. The number of benzene rings is 3. The summed E-state index contributed by atoms with van der Waals surface area (Å²) in [6.07, 6.45) is -8.60. The summed E-state index contributed by atoms with van der Waals surface area (Å²) in [5, 5.41) is 43.8. The normalized spacial score (nSPS) is 32.7. The van der Waals surface area contributed by atoms with Crippen molar-refractivity contribution in [2.24, 2.45) is 22.7 Å². The Balaban J connectivity index is 1.41. The van der Waals surface area contributed by atoms with Crippen LogP contribution in [0.5, 0.6) is 0 Å². The van der Waals surface area contributed by atoms with Crippen molar-refractivity contribution in [2.75, 3.05) is 13.7 Å². The number of hydrogen-bond acceptors (Lipinski definition) is 14. The highest BCUT2D eigenvalue weighted by molar-refractivity contribution is 6.04. The van der Waals surface area contributed by atoms with Crippen LogP contribution >= 0.6 is 0 Å². The first-order valence-electron chi connectivity index (χ1n) is 21.6. The lowest BCUT2D eigenvalue weighted by Gasteiger charge is -2.68. The number of carbonyl (C=O) groups is 5. The number of allylic oxidation sites excluding steroid dienone is 1. The number of ketones is 1. The van der Waals surface area contributed by atoms with Gasteiger partial charge in [0.05, 0.1) is 46.9 Å². The zero-order chi connectivity index (χ0) is 46.6. The molecule has 15 heteroatoms. The van der Waals surface area contributed by atoms with Gasteiger partial charge in [-0.3, -0.25) is 4.79 Å². The Morgan fingerprint density at radius 1 is 0.859 bits per heavy atom. The molecule has 1 aliphatic heterocycles. The summed E-state index contributed by atoms with van der Waals surface area (Å²) < 4.78 is 30.4. The fraction of sp³-hybridized carbons (Fsp3) is 0.490. The van der Waals surface area contributed by atoms with Crippen LogP contribution in [0.2, 0.25) is 0 Å². The molecule has 1 saturated heterocycles. The molecular weight excluding hydrogens is 825 g/mol. The third kappa shape index (κ3) is 7.91. The molecule has 11 unspecified atom stereocenters. The molecular formula is C49H58N2O13. The SMILES string of the molecule is CNC12COC1CC(O)C1(C)C(=O)/C(OC(=O)c3ccccc3)=C3/C(C)C(OC(=O)C(O)C(NC(=O)OC(C)(C)C)c4ccccc4)CC(O)(C(OC(=O)c4ccccc4)C21)C3(C)C. The van der Waals surface area contributed by atoms with Crippen molar-refractivity contribution in [1.82, 2.24) is 10.6 Å². The number of ether oxygens (including phenoxy) is 5. The summed E-state index contributed by atoms with van der Waals surface area (Å²) >= 11 is 0. The van der Waals surface area contributed by atoms with E-state index < -0.39 is 118 Å². The molecule has 1 amide bonds. The highest BCUT2D eigenvalue weighted by Crippen LogP contribution is 2.64. The third-order valence-corrected chi connectivity index (χ3v) is 14.0. The quantitative estimate of drug-likeness (QED) is 0.134. The van der Waals surface area contributed by atoms with Gasteiger partial charge in [0.25, 0.3) is 0 Å². The minimum Gasteiger partial charge on any atom is -0.460 e. The second-order valence-corrected chi connectivity index (χ2v) is 19.1. The summed E-state index contributed by atoms with van der Waals surface area (Å²) in [4.78, 5) is 71.8. The highest BCUT2D eigenvalue weighted by atomic mass is 16.6. The van der Waals surface area contributed by atoms with Gasteiger partial charge in [0.1, 0.15) is 23.4 Å². The molecule has 64 heavy (non-hydrogen) atoms. The summed E-state index contributed by atoms with van der Waals surface area (Å²) in [6, 6.07) is 23.0. The van der Waals surface area contributed by atoms with E-state index >= 15 is 4.79 Å². The maximum Gasteiger partial charge on any atom is 0.408 e. The van der Waals surface area contributed by atoms with Crippen molar-refractivity contribution < 1.29 is 63.0 Å². The Kier molecular flexibility index (Phi) is 12.5. The first-order chi connectivity index (χ1) is 30.1. The number of nitrogens with one attached hydrogen (secondary N) is 2. The zero-order valence-corrected chi connectivity index (χ0v) is 37.3. The largest absolute Gasteiger partial charge is 0.460 e. The van der Waals surface area contributed by atoms with Crippen LogP contribution < -0.4 is 10.6 Å². The van der Waals surface area contributed by atoms with E-state index in [0.29, 0.717) is 5.56 Å². The number of esters is 3. The molecule has 3 aliphatic carbocycles. The first kappa shape index (κ1) is 46.5. The number of fused-ring (bicyclic) bond motifs is 5. The summed E-state index contributed by atoms with van der Waals surface area (Å²) in [5.41, 5.74) is -7.25. The lowest BCUT2D eigenvalue weighted by atomic mass is 9.44. The Bertz CT molecular complexity index is 2290. The standard InChI is InChI=1S/C49H58N2O13/c1-27-31(61-43(57)36(53)35(28-18-12-9-13-19-28)51-44(58)64-45(2,3)4)25-49(59)40(63-42(56)30-22-16-11-17-23-30)38-47(7,32(52)24-33-48(38,50-8)26-60-33)39(54)37(34(27)46(49,5)6)62-41(55)29-20-14-10-15-21-29/h9-23,27,31-33,35-36,38,40,50,52-53,59H,24-26H2,1-8H3,(H,51,58)/b37-34+. The van der Waals surface area contributed by atoms with Crippen LogP contribution in [0.3, 0.4) is 0 Å². The Morgan fingerprint density at radius 2 is 1.42 bits per heavy atom. The van der Waals surface area contributed by atoms with Crippen molar-refractivity contribution in [3.63, 3.8) is 0 Å². The zero-order valence-electron chi connectivity index (χ0n) is 37.3. The van der Waals surface area contributed by atoms with Crippen molar-refractivity contribution in [3.05, 3.63) is 119 Å². The van der Waals surface area contributed by atoms with Gasteiger partial charge in [-0.1, -0.05) is 87.5 Å². The van der Waals surface area contributed by atoms with Gasteiger partial charge in [0.2, 0.25) is 5.78 Å². The molecule has 15 nitrogen and oxygen atoms in total. The lowest BCUT2D eigenvalue weighted by molar-refractivity contribution is -0.292. The number of aliphatic hydroxyl groups is 3. The molecule has 4 aliphatic rings. The van der Waals surface area contributed by atoms with Gasteiger partial charge in [0.15, 0.2) is 11.9 Å². The first-order valence-corrected chi connectivity index (χ1v) is 21.6. The van der Waals surface area contributed by atoms with Crippen LogP contribution in [0.25, 0.3) is 0 Å². The Labute approximate surface area is 372 Å². The van der Waals surface area contributed by atoms with Gasteiger partial charge in [-0.25, -0.2) is 19.2 Å². The fourth-order valence-electron chi connectivity index (χ4n) is 10.4. The van der Waals surface area contributed by atoms with Gasteiger partial charge in [0, 0.05) is 30.1 Å². The van der Waals surface area contributed by atoms with Gasteiger partial charge in [-0.15, -0.1) is 0 Å². The van der Waals surface area contributed by atoms with Gasteiger partial charge >= 0.3 is 24.0 Å². The van der Waals surface area contributed by atoms with Crippen molar-refractivity contribution >= 4 is 29.8 Å². The van der Waals surface area contributed by atoms with Crippen LogP contribution in [0.1, 0.15) is 93.6 Å². The summed E-state index contributed by atoms with van der Waals surface area (Å²) in [5.74, 6) is -6.50.